The Morgan fingerprint density at radius 2 is 2.00 bits per heavy atom. The second-order valence-electron chi connectivity index (χ2n) is 6.38. The number of amides is 1. The lowest BCUT2D eigenvalue weighted by Crippen LogP contribution is -2.28. The van der Waals surface area contributed by atoms with Crippen LogP contribution < -0.4 is 10.9 Å². The van der Waals surface area contributed by atoms with E-state index < -0.39 is 0 Å². The van der Waals surface area contributed by atoms with E-state index in [1.54, 1.807) is 18.2 Å². The van der Waals surface area contributed by atoms with Crippen molar-refractivity contribution >= 4 is 44.7 Å². The van der Waals surface area contributed by atoms with Crippen LogP contribution >= 0.6 is 22.9 Å². The lowest BCUT2D eigenvalue weighted by atomic mass is 10.1. The van der Waals surface area contributed by atoms with Gasteiger partial charge in [0.15, 0.2) is 0 Å². The first kappa shape index (κ1) is 18.4. The van der Waals surface area contributed by atoms with Crippen molar-refractivity contribution in [2.45, 2.75) is 13.5 Å². The number of hydrogen-bond acceptors (Lipinski definition) is 4. The lowest BCUT2D eigenvalue weighted by Gasteiger charge is -2.10. The molecule has 0 fully saturated rings. The van der Waals surface area contributed by atoms with Crippen LogP contribution in [0.25, 0.3) is 21.3 Å². The summed E-state index contributed by atoms with van der Waals surface area (Å²) < 4.78 is 1.34. The van der Waals surface area contributed by atoms with Crippen LogP contribution in [-0.4, -0.2) is 15.5 Å². The van der Waals surface area contributed by atoms with Crippen LogP contribution in [0.2, 0.25) is 5.02 Å². The van der Waals surface area contributed by atoms with Crippen LogP contribution in [-0.2, 0) is 11.3 Å². The predicted octanol–water partition coefficient (Wildman–Crippen LogP) is 4.73. The largest absolute Gasteiger partial charge is 0.324 e. The van der Waals surface area contributed by atoms with Crippen LogP contribution in [0.5, 0.6) is 0 Å². The van der Waals surface area contributed by atoms with Gasteiger partial charge in [-0.3, -0.25) is 14.2 Å². The summed E-state index contributed by atoms with van der Waals surface area (Å²) in [6.07, 6.45) is 1.42. The Balaban J connectivity index is 1.65. The van der Waals surface area contributed by atoms with E-state index in [0.29, 0.717) is 20.9 Å². The van der Waals surface area contributed by atoms with E-state index in [9.17, 15) is 9.59 Å². The second-order valence-corrected chi connectivity index (χ2v) is 7.68. The van der Waals surface area contributed by atoms with E-state index in [1.165, 1.54) is 22.2 Å². The molecule has 7 heteroatoms. The highest BCUT2D eigenvalue weighted by atomic mass is 35.5. The first-order valence-corrected chi connectivity index (χ1v) is 9.87. The normalized spacial score (nSPS) is 10.9. The number of aromatic nitrogens is 2. The minimum atomic E-state index is -0.301. The number of aryl methyl sites for hydroxylation is 1. The van der Waals surface area contributed by atoms with E-state index in [2.05, 4.69) is 10.3 Å². The number of nitrogens with one attached hydrogen (secondary N) is 1. The maximum absolute atomic E-state index is 13.0. The van der Waals surface area contributed by atoms with E-state index >= 15 is 0 Å². The molecular weight excluding hydrogens is 394 g/mol. The average molecular weight is 410 g/mol. The van der Waals surface area contributed by atoms with Gasteiger partial charge in [0.1, 0.15) is 11.4 Å². The Morgan fingerprint density at radius 3 is 2.75 bits per heavy atom. The Hall–Kier alpha value is -2.96. The first-order chi connectivity index (χ1) is 13.5. The summed E-state index contributed by atoms with van der Waals surface area (Å²) in [6.45, 7) is 1.74. The van der Waals surface area contributed by atoms with Gasteiger partial charge in [-0.2, -0.15) is 0 Å². The molecule has 0 saturated carbocycles. The Kier molecular flexibility index (Phi) is 4.98. The van der Waals surface area contributed by atoms with Crippen molar-refractivity contribution in [1.82, 2.24) is 9.55 Å². The van der Waals surface area contributed by atoms with E-state index in [1.807, 2.05) is 42.6 Å². The molecule has 0 unspecified atom stereocenters. The van der Waals surface area contributed by atoms with Crippen LogP contribution in [0.3, 0.4) is 0 Å². The quantitative estimate of drug-likeness (QED) is 0.530. The van der Waals surface area contributed by atoms with Gasteiger partial charge in [0.05, 0.1) is 11.7 Å². The van der Waals surface area contributed by atoms with Crippen molar-refractivity contribution in [2.24, 2.45) is 0 Å². The lowest BCUT2D eigenvalue weighted by molar-refractivity contribution is -0.116. The number of thiophene rings is 1. The van der Waals surface area contributed by atoms with Gasteiger partial charge in [0.2, 0.25) is 5.91 Å². The highest BCUT2D eigenvalue weighted by Gasteiger charge is 2.15. The molecular formula is C21H16ClN3O2S. The number of anilines is 1. The van der Waals surface area contributed by atoms with Gasteiger partial charge in [0.25, 0.3) is 5.56 Å². The summed E-state index contributed by atoms with van der Waals surface area (Å²) in [5.74, 6) is -0.301. The van der Waals surface area contributed by atoms with Gasteiger partial charge in [0, 0.05) is 21.7 Å². The molecule has 1 amide bonds. The second kappa shape index (κ2) is 7.58. The summed E-state index contributed by atoms with van der Waals surface area (Å²) in [5.41, 5.74) is 3.07. The SMILES string of the molecule is Cc1cc(Cl)ccc1NC(=O)Cn1cnc2scc(-c3ccccc3)c2c1=O. The van der Waals surface area contributed by atoms with Gasteiger partial charge >= 0.3 is 0 Å². The number of fused-ring (bicyclic) bond motifs is 1. The third kappa shape index (κ3) is 3.56. The molecule has 0 saturated heterocycles. The molecule has 0 bridgehead atoms. The summed E-state index contributed by atoms with van der Waals surface area (Å²) >= 11 is 7.37. The molecule has 4 aromatic rings. The number of nitrogens with zero attached hydrogens (tertiary/aromatic N) is 2. The van der Waals surface area contributed by atoms with Crippen molar-refractivity contribution < 1.29 is 4.79 Å². The topological polar surface area (TPSA) is 64.0 Å². The van der Waals surface area contributed by atoms with Gasteiger partial charge in [-0.25, -0.2) is 4.98 Å². The van der Waals surface area contributed by atoms with Crippen LogP contribution in [0.1, 0.15) is 5.56 Å². The Bertz CT molecular complexity index is 1230. The molecule has 0 aliphatic carbocycles. The minimum Gasteiger partial charge on any atom is -0.324 e. The molecule has 4 rings (SSSR count). The number of halogens is 1. The van der Waals surface area contributed by atoms with Gasteiger partial charge in [-0.15, -0.1) is 11.3 Å². The van der Waals surface area contributed by atoms with Gasteiger partial charge < -0.3 is 5.32 Å². The fraction of sp³-hybridized carbons (Fsp3) is 0.0952. The standard InChI is InChI=1S/C21H16ClN3O2S/c1-13-9-15(22)7-8-17(13)24-18(26)10-25-12-23-20-19(21(25)27)16(11-28-20)14-5-3-2-4-6-14/h2-9,11-12H,10H2,1H3,(H,24,26). The number of hydrogen-bond donors (Lipinski definition) is 1. The number of rotatable bonds is 4. The van der Waals surface area contributed by atoms with Crippen molar-refractivity contribution in [3.8, 4) is 11.1 Å². The smallest absolute Gasteiger partial charge is 0.263 e. The zero-order valence-corrected chi connectivity index (χ0v) is 16.6. The van der Waals surface area contributed by atoms with Crippen LogP contribution in [0.15, 0.2) is 65.0 Å². The molecule has 0 aliphatic heterocycles. The van der Waals surface area contributed by atoms with Crippen molar-refractivity contribution in [3.05, 3.63) is 81.2 Å². The molecule has 5 nitrogen and oxygen atoms in total. The maximum Gasteiger partial charge on any atom is 0.263 e. The third-order valence-corrected chi connectivity index (χ3v) is 5.54. The van der Waals surface area contributed by atoms with Crippen LogP contribution in [0.4, 0.5) is 5.69 Å². The van der Waals surface area contributed by atoms with Crippen molar-refractivity contribution in [1.29, 1.82) is 0 Å². The molecule has 0 spiro atoms. The molecule has 1 N–H and O–H groups in total. The van der Waals surface area contributed by atoms with Gasteiger partial charge in [-0.05, 0) is 36.2 Å². The Morgan fingerprint density at radius 1 is 1.21 bits per heavy atom. The first-order valence-electron chi connectivity index (χ1n) is 8.61. The number of carbonyl (C=O) groups is 1. The molecule has 2 aromatic heterocycles. The van der Waals surface area contributed by atoms with Gasteiger partial charge in [-0.1, -0.05) is 41.9 Å². The fourth-order valence-electron chi connectivity index (χ4n) is 3.02. The maximum atomic E-state index is 13.0. The fourth-order valence-corrected chi connectivity index (χ4v) is 4.16. The summed E-state index contributed by atoms with van der Waals surface area (Å²) in [4.78, 5) is 30.5. The molecule has 0 aliphatic rings. The molecule has 0 atom stereocenters. The number of benzene rings is 2. The molecule has 140 valence electrons. The molecule has 0 radical (unpaired) electrons. The highest BCUT2D eigenvalue weighted by molar-refractivity contribution is 7.17. The third-order valence-electron chi connectivity index (χ3n) is 4.42. The Labute approximate surface area is 170 Å². The van der Waals surface area contributed by atoms with Crippen molar-refractivity contribution in [2.75, 3.05) is 5.32 Å². The monoisotopic (exact) mass is 409 g/mol. The van der Waals surface area contributed by atoms with Crippen molar-refractivity contribution in [3.63, 3.8) is 0 Å². The average Bonchev–Trinajstić information content (AvgIpc) is 3.12. The molecule has 2 heterocycles. The number of carbonyl (C=O) groups excluding carboxylic acids is 1. The predicted molar refractivity (Wildman–Crippen MR) is 114 cm³/mol. The summed E-state index contributed by atoms with van der Waals surface area (Å²) in [6, 6.07) is 14.9. The highest BCUT2D eigenvalue weighted by Crippen LogP contribution is 2.30. The minimum absolute atomic E-state index is 0.117. The summed E-state index contributed by atoms with van der Waals surface area (Å²) in [7, 11) is 0. The van der Waals surface area contributed by atoms with E-state index in [4.69, 9.17) is 11.6 Å². The molecule has 2 aromatic carbocycles. The molecule has 28 heavy (non-hydrogen) atoms. The van der Waals surface area contributed by atoms with E-state index in [-0.39, 0.29) is 18.0 Å². The van der Waals surface area contributed by atoms with E-state index in [0.717, 1.165) is 16.7 Å². The zero-order valence-electron chi connectivity index (χ0n) is 15.0. The zero-order chi connectivity index (χ0) is 19.7. The van der Waals surface area contributed by atoms with Crippen LogP contribution in [0, 0.1) is 6.92 Å². The summed E-state index contributed by atoms with van der Waals surface area (Å²) in [5, 5.41) is 5.89.